The number of carbonyl (C=O) groups excluding carboxylic acids is 2. The molecule has 6 nitrogen and oxygen atoms in total. The summed E-state index contributed by atoms with van der Waals surface area (Å²) in [4.78, 5) is 27.4. The maximum atomic E-state index is 12.6. The molecule has 0 aliphatic carbocycles. The average Bonchev–Trinajstić information content (AvgIpc) is 2.65. The van der Waals surface area contributed by atoms with Gasteiger partial charge in [0.2, 0.25) is 0 Å². The van der Waals surface area contributed by atoms with Gasteiger partial charge in [0.15, 0.2) is 0 Å². The van der Waals surface area contributed by atoms with Gasteiger partial charge >= 0.3 is 5.97 Å². The van der Waals surface area contributed by atoms with Crippen molar-refractivity contribution >= 4 is 23.8 Å². The van der Waals surface area contributed by atoms with Crippen LogP contribution in [-0.2, 0) is 20.9 Å². The molecule has 0 amide bonds. The fourth-order valence-corrected chi connectivity index (χ4v) is 3.32. The number of esters is 1. The number of carbonyl (C=O) groups is 2. The average molecular weight is 384 g/mol. The van der Waals surface area contributed by atoms with Gasteiger partial charge in [-0.1, -0.05) is 0 Å². The van der Waals surface area contributed by atoms with Crippen LogP contribution in [0.15, 0.2) is 24.3 Å². The van der Waals surface area contributed by atoms with Crippen molar-refractivity contribution in [2.75, 3.05) is 45.1 Å². The van der Waals surface area contributed by atoms with Gasteiger partial charge in [-0.25, -0.2) is 4.79 Å². The Bertz CT molecular complexity index is 889. The summed E-state index contributed by atoms with van der Waals surface area (Å²) in [6.45, 7) is 4.52. The Morgan fingerprint density at radius 2 is 1.46 bits per heavy atom. The van der Waals surface area contributed by atoms with Crippen molar-refractivity contribution in [2.24, 2.45) is 0 Å². The molecule has 0 saturated heterocycles. The van der Waals surface area contributed by atoms with E-state index in [9.17, 15) is 9.59 Å². The van der Waals surface area contributed by atoms with Crippen LogP contribution in [0.5, 0.6) is 0 Å². The molecule has 0 spiro atoms. The quantitative estimate of drug-likeness (QED) is 0.537. The lowest BCUT2D eigenvalue weighted by Gasteiger charge is -2.23. The summed E-state index contributed by atoms with van der Waals surface area (Å²) in [5, 5.41) is 0. The van der Waals surface area contributed by atoms with Gasteiger partial charge in [-0.05, 0) is 65.9 Å². The number of anilines is 2. The summed E-state index contributed by atoms with van der Waals surface area (Å²) < 4.78 is 10.1. The molecule has 2 aromatic carbocycles. The van der Waals surface area contributed by atoms with E-state index >= 15 is 0 Å². The van der Waals surface area contributed by atoms with Gasteiger partial charge in [-0.15, -0.1) is 0 Å². The van der Waals surface area contributed by atoms with E-state index in [2.05, 4.69) is 6.07 Å². The molecule has 0 N–H and O–H groups in total. The Kier molecular flexibility index (Phi) is 6.67. The van der Waals surface area contributed by atoms with Gasteiger partial charge in [0.1, 0.15) is 6.61 Å². The Morgan fingerprint density at radius 1 is 0.929 bits per heavy atom. The number of hydrogen-bond donors (Lipinski definition) is 0. The van der Waals surface area contributed by atoms with Gasteiger partial charge in [0, 0.05) is 39.6 Å². The predicted molar refractivity (Wildman–Crippen MR) is 112 cm³/mol. The second kappa shape index (κ2) is 8.78. The van der Waals surface area contributed by atoms with Crippen molar-refractivity contribution in [3.05, 3.63) is 46.5 Å². The van der Waals surface area contributed by atoms with E-state index in [-0.39, 0.29) is 6.61 Å². The molecule has 0 aromatic heterocycles. The van der Waals surface area contributed by atoms with Gasteiger partial charge in [-0.2, -0.15) is 0 Å². The summed E-state index contributed by atoms with van der Waals surface area (Å²) in [7, 11) is 9.14. The molecule has 0 saturated carbocycles. The van der Waals surface area contributed by atoms with Crippen LogP contribution in [0.3, 0.4) is 0 Å². The molecule has 0 unspecified atom stereocenters. The number of methoxy groups -OCH3 is 1. The van der Waals surface area contributed by atoms with Gasteiger partial charge in [-0.3, -0.25) is 4.79 Å². The highest BCUT2D eigenvalue weighted by Crippen LogP contribution is 2.38. The van der Waals surface area contributed by atoms with Crippen LogP contribution >= 0.6 is 0 Å². The summed E-state index contributed by atoms with van der Waals surface area (Å²) in [5.41, 5.74) is 6.84. The molecular weight excluding hydrogens is 356 g/mol. The zero-order valence-electron chi connectivity index (χ0n) is 17.6. The van der Waals surface area contributed by atoms with Gasteiger partial charge < -0.3 is 19.3 Å². The highest BCUT2D eigenvalue weighted by atomic mass is 16.5. The van der Waals surface area contributed by atoms with Crippen molar-refractivity contribution in [3.63, 3.8) is 0 Å². The SMILES string of the molecule is COC(=O)c1cc(N(C)C)cc(C)c1-c1c(C)cc(N(C)C)cc1COC=O. The number of benzene rings is 2. The topological polar surface area (TPSA) is 59.1 Å². The molecule has 0 aliphatic rings. The van der Waals surface area contributed by atoms with E-state index in [0.717, 1.165) is 39.2 Å². The van der Waals surface area contributed by atoms with Crippen molar-refractivity contribution in [1.82, 2.24) is 0 Å². The molecular formula is C22H28N2O4. The molecule has 0 radical (unpaired) electrons. The third-order valence-electron chi connectivity index (χ3n) is 4.72. The Balaban J connectivity index is 2.85. The van der Waals surface area contributed by atoms with Crippen molar-refractivity contribution in [1.29, 1.82) is 0 Å². The molecule has 0 atom stereocenters. The van der Waals surface area contributed by atoms with Crippen LogP contribution in [0.2, 0.25) is 0 Å². The van der Waals surface area contributed by atoms with E-state index in [1.165, 1.54) is 7.11 Å². The largest absolute Gasteiger partial charge is 0.465 e. The molecule has 0 bridgehead atoms. The van der Waals surface area contributed by atoms with Crippen LogP contribution in [-0.4, -0.2) is 47.7 Å². The van der Waals surface area contributed by atoms with Crippen LogP contribution < -0.4 is 9.80 Å². The predicted octanol–water partition coefficient (Wildman–Crippen LogP) is 3.56. The van der Waals surface area contributed by atoms with E-state index in [4.69, 9.17) is 9.47 Å². The lowest BCUT2D eigenvalue weighted by Crippen LogP contribution is -2.14. The molecule has 0 heterocycles. The Morgan fingerprint density at radius 3 is 1.96 bits per heavy atom. The van der Waals surface area contributed by atoms with Crippen LogP contribution in [0.4, 0.5) is 11.4 Å². The van der Waals surface area contributed by atoms with Gasteiger partial charge in [0.25, 0.3) is 6.47 Å². The standard InChI is InChI=1S/C22H28N2O4/c1-14-8-17(23(3)4)10-16(12-28-13-25)20(14)21-15(2)9-18(24(5)6)11-19(21)22(26)27-7/h8-11,13H,12H2,1-7H3. The summed E-state index contributed by atoms with van der Waals surface area (Å²) in [6.07, 6.45) is 0. The van der Waals surface area contributed by atoms with Gasteiger partial charge in [0.05, 0.1) is 12.7 Å². The van der Waals surface area contributed by atoms with E-state index in [0.29, 0.717) is 12.0 Å². The molecule has 6 heteroatoms. The minimum absolute atomic E-state index is 0.122. The minimum Gasteiger partial charge on any atom is -0.465 e. The lowest BCUT2D eigenvalue weighted by molar-refractivity contribution is -0.129. The monoisotopic (exact) mass is 384 g/mol. The van der Waals surface area contributed by atoms with Crippen LogP contribution in [0.1, 0.15) is 27.0 Å². The molecule has 2 rings (SSSR count). The molecule has 0 aliphatic heterocycles. The molecule has 150 valence electrons. The number of ether oxygens (including phenoxy) is 2. The smallest absolute Gasteiger partial charge is 0.338 e. The van der Waals surface area contributed by atoms with Crippen molar-refractivity contribution in [3.8, 4) is 11.1 Å². The number of aryl methyl sites for hydroxylation is 2. The summed E-state index contributed by atoms with van der Waals surface area (Å²) in [6, 6.07) is 7.90. The first kappa shape index (κ1) is 21.3. The fraction of sp³-hybridized carbons (Fsp3) is 0.364. The zero-order valence-corrected chi connectivity index (χ0v) is 17.6. The summed E-state index contributed by atoms with van der Waals surface area (Å²) in [5.74, 6) is -0.403. The number of rotatable bonds is 7. The molecule has 2 aromatic rings. The number of nitrogens with zero attached hydrogens (tertiary/aromatic N) is 2. The Hall–Kier alpha value is -3.02. The third-order valence-corrected chi connectivity index (χ3v) is 4.72. The second-order valence-electron chi connectivity index (χ2n) is 7.17. The highest BCUT2D eigenvalue weighted by Gasteiger charge is 2.22. The molecule has 0 fully saturated rings. The first-order chi connectivity index (χ1) is 13.2. The van der Waals surface area contributed by atoms with Crippen molar-refractivity contribution in [2.45, 2.75) is 20.5 Å². The lowest BCUT2D eigenvalue weighted by atomic mass is 9.87. The first-order valence-electron chi connectivity index (χ1n) is 8.98. The van der Waals surface area contributed by atoms with Crippen molar-refractivity contribution < 1.29 is 19.1 Å². The first-order valence-corrected chi connectivity index (χ1v) is 8.98. The second-order valence-corrected chi connectivity index (χ2v) is 7.17. The normalized spacial score (nSPS) is 10.4. The molecule has 28 heavy (non-hydrogen) atoms. The minimum atomic E-state index is -0.403. The Labute approximate surface area is 166 Å². The summed E-state index contributed by atoms with van der Waals surface area (Å²) >= 11 is 0. The zero-order chi connectivity index (χ0) is 21.0. The number of hydrogen-bond acceptors (Lipinski definition) is 6. The van der Waals surface area contributed by atoms with Crippen LogP contribution in [0, 0.1) is 13.8 Å². The maximum Gasteiger partial charge on any atom is 0.338 e. The van der Waals surface area contributed by atoms with E-state index in [1.807, 2.05) is 70.0 Å². The third kappa shape index (κ3) is 4.27. The van der Waals surface area contributed by atoms with Crippen LogP contribution in [0.25, 0.3) is 11.1 Å². The van der Waals surface area contributed by atoms with E-state index < -0.39 is 5.97 Å². The van der Waals surface area contributed by atoms with E-state index in [1.54, 1.807) is 0 Å². The maximum absolute atomic E-state index is 12.6. The fourth-order valence-electron chi connectivity index (χ4n) is 3.32. The highest BCUT2D eigenvalue weighted by molar-refractivity contribution is 6.00.